The van der Waals surface area contributed by atoms with Crippen LogP contribution in [0.15, 0.2) is 12.2 Å². The fourth-order valence-electron chi connectivity index (χ4n) is 5.08. The molecule has 0 heteroatoms. The van der Waals surface area contributed by atoms with Crippen molar-refractivity contribution in [3.63, 3.8) is 0 Å². The Hall–Kier alpha value is -0.260. The molecule has 2 aliphatic carbocycles. The summed E-state index contributed by atoms with van der Waals surface area (Å²) in [6.45, 7) is 4.60. The van der Waals surface area contributed by atoms with Crippen LogP contribution in [0.25, 0.3) is 0 Å². The number of rotatable bonds is 9. The average molecular weight is 319 g/mol. The van der Waals surface area contributed by atoms with Crippen molar-refractivity contribution in [2.75, 3.05) is 0 Å². The van der Waals surface area contributed by atoms with Gasteiger partial charge in [0.15, 0.2) is 0 Å². The van der Waals surface area contributed by atoms with Gasteiger partial charge < -0.3 is 0 Å². The molecule has 0 radical (unpaired) electrons. The summed E-state index contributed by atoms with van der Waals surface area (Å²) in [6.07, 6.45) is 27.1. The Kier molecular flexibility index (Phi) is 9.39. The minimum Gasteiger partial charge on any atom is -0.0885 e. The fourth-order valence-corrected chi connectivity index (χ4v) is 5.08. The quantitative estimate of drug-likeness (QED) is 0.299. The van der Waals surface area contributed by atoms with Crippen molar-refractivity contribution in [1.82, 2.24) is 0 Å². The van der Waals surface area contributed by atoms with Crippen molar-refractivity contribution in [2.24, 2.45) is 23.7 Å². The van der Waals surface area contributed by atoms with Crippen molar-refractivity contribution in [3.05, 3.63) is 12.2 Å². The van der Waals surface area contributed by atoms with Crippen LogP contribution >= 0.6 is 0 Å². The van der Waals surface area contributed by atoms with E-state index in [1.165, 1.54) is 83.5 Å². The third-order valence-electron chi connectivity index (χ3n) is 6.67. The van der Waals surface area contributed by atoms with E-state index >= 15 is 0 Å². The Morgan fingerprint density at radius 2 is 1.13 bits per heavy atom. The highest BCUT2D eigenvalue weighted by atomic mass is 14.3. The summed E-state index contributed by atoms with van der Waals surface area (Å²) in [6, 6.07) is 0. The Morgan fingerprint density at radius 3 is 1.61 bits per heavy atom. The second-order valence-corrected chi connectivity index (χ2v) is 8.58. The van der Waals surface area contributed by atoms with Crippen molar-refractivity contribution in [3.8, 4) is 0 Å². The maximum Gasteiger partial charge on any atom is -0.0233 e. The summed E-state index contributed by atoms with van der Waals surface area (Å²) in [5.41, 5.74) is 0. The SMILES string of the molecule is CCC=CC1CCC(CCCC[C@H]2CC[C@H](CCC)CC2)CC1. The van der Waals surface area contributed by atoms with E-state index in [0.717, 1.165) is 23.7 Å². The van der Waals surface area contributed by atoms with Crippen LogP contribution < -0.4 is 0 Å². The average Bonchev–Trinajstić information content (AvgIpc) is 2.59. The van der Waals surface area contributed by atoms with Gasteiger partial charge in [0.2, 0.25) is 0 Å². The first-order valence-corrected chi connectivity index (χ1v) is 11.0. The van der Waals surface area contributed by atoms with E-state index in [1.807, 2.05) is 0 Å². The highest BCUT2D eigenvalue weighted by molar-refractivity contribution is 4.90. The molecular formula is C23H42. The molecule has 0 aromatic rings. The second kappa shape index (κ2) is 11.3. The summed E-state index contributed by atoms with van der Waals surface area (Å²) in [5, 5.41) is 0. The summed E-state index contributed by atoms with van der Waals surface area (Å²) in [4.78, 5) is 0. The summed E-state index contributed by atoms with van der Waals surface area (Å²) in [7, 11) is 0. The zero-order chi connectivity index (χ0) is 16.3. The van der Waals surface area contributed by atoms with E-state index in [-0.39, 0.29) is 0 Å². The molecule has 2 rings (SSSR count). The second-order valence-electron chi connectivity index (χ2n) is 8.58. The topological polar surface area (TPSA) is 0 Å². The van der Waals surface area contributed by atoms with Gasteiger partial charge in [-0.15, -0.1) is 0 Å². The summed E-state index contributed by atoms with van der Waals surface area (Å²) < 4.78 is 0. The smallest absolute Gasteiger partial charge is 0.0233 e. The lowest BCUT2D eigenvalue weighted by molar-refractivity contribution is 0.242. The molecule has 0 atom stereocenters. The first-order valence-electron chi connectivity index (χ1n) is 11.0. The molecule has 0 heterocycles. The first-order chi connectivity index (χ1) is 11.3. The van der Waals surface area contributed by atoms with Crippen LogP contribution in [-0.2, 0) is 0 Å². The molecule has 0 unspecified atom stereocenters. The molecule has 2 fully saturated rings. The van der Waals surface area contributed by atoms with Gasteiger partial charge in [0, 0.05) is 0 Å². The standard InChI is InChI=1S/C23H42/c1-3-5-9-21-16-18-23(19-17-21)11-7-6-10-22-14-12-20(8-4-2)13-15-22/h5,9,20-23H,3-4,6-8,10-19H2,1-2H3/t20-,21?,22-,23?. The van der Waals surface area contributed by atoms with Crippen LogP contribution in [0.1, 0.15) is 110 Å². The Morgan fingerprint density at radius 1 is 0.652 bits per heavy atom. The van der Waals surface area contributed by atoms with E-state index in [9.17, 15) is 0 Å². The molecule has 0 aromatic heterocycles. The third kappa shape index (κ3) is 7.44. The van der Waals surface area contributed by atoms with E-state index in [0.29, 0.717) is 0 Å². The molecule has 2 aliphatic rings. The van der Waals surface area contributed by atoms with E-state index in [2.05, 4.69) is 26.0 Å². The van der Waals surface area contributed by atoms with Gasteiger partial charge >= 0.3 is 0 Å². The van der Waals surface area contributed by atoms with Crippen molar-refractivity contribution >= 4 is 0 Å². The first kappa shape index (κ1) is 19.1. The maximum atomic E-state index is 2.49. The van der Waals surface area contributed by atoms with Crippen LogP contribution in [0, 0.1) is 23.7 Å². The van der Waals surface area contributed by atoms with Gasteiger partial charge in [0.25, 0.3) is 0 Å². The minimum atomic E-state index is 0.907. The zero-order valence-electron chi connectivity index (χ0n) is 16.1. The molecule has 0 aromatic carbocycles. The van der Waals surface area contributed by atoms with E-state index in [1.54, 1.807) is 12.8 Å². The predicted molar refractivity (Wildman–Crippen MR) is 104 cm³/mol. The monoisotopic (exact) mass is 318 g/mol. The van der Waals surface area contributed by atoms with Crippen LogP contribution in [0.3, 0.4) is 0 Å². The molecule has 0 saturated heterocycles. The van der Waals surface area contributed by atoms with Gasteiger partial charge in [0.1, 0.15) is 0 Å². The lowest BCUT2D eigenvalue weighted by Crippen LogP contribution is -2.15. The van der Waals surface area contributed by atoms with Crippen LogP contribution in [0.4, 0.5) is 0 Å². The van der Waals surface area contributed by atoms with Crippen LogP contribution in [0.5, 0.6) is 0 Å². The van der Waals surface area contributed by atoms with E-state index in [4.69, 9.17) is 0 Å². The van der Waals surface area contributed by atoms with Crippen LogP contribution in [-0.4, -0.2) is 0 Å². The van der Waals surface area contributed by atoms with Crippen LogP contribution in [0.2, 0.25) is 0 Å². The number of hydrogen-bond donors (Lipinski definition) is 0. The third-order valence-corrected chi connectivity index (χ3v) is 6.67. The molecule has 23 heavy (non-hydrogen) atoms. The highest BCUT2D eigenvalue weighted by Crippen LogP contribution is 2.35. The van der Waals surface area contributed by atoms with Crippen molar-refractivity contribution in [1.29, 1.82) is 0 Å². The number of hydrogen-bond acceptors (Lipinski definition) is 0. The highest BCUT2D eigenvalue weighted by Gasteiger charge is 2.21. The minimum absolute atomic E-state index is 0.907. The largest absolute Gasteiger partial charge is 0.0885 e. The Labute approximate surface area is 146 Å². The number of unbranched alkanes of at least 4 members (excludes halogenated alkanes) is 1. The van der Waals surface area contributed by atoms with Gasteiger partial charge in [-0.3, -0.25) is 0 Å². The molecule has 0 bridgehead atoms. The predicted octanol–water partition coefficient (Wildman–Crippen LogP) is 7.93. The molecule has 0 spiro atoms. The molecule has 0 aliphatic heterocycles. The maximum absolute atomic E-state index is 2.49. The van der Waals surface area contributed by atoms with Gasteiger partial charge in [0.05, 0.1) is 0 Å². The lowest BCUT2D eigenvalue weighted by Gasteiger charge is -2.29. The van der Waals surface area contributed by atoms with E-state index < -0.39 is 0 Å². The molecule has 0 nitrogen and oxygen atoms in total. The van der Waals surface area contributed by atoms with Crippen molar-refractivity contribution in [2.45, 2.75) is 110 Å². The molecule has 0 amide bonds. The Bertz CT molecular complexity index is 300. The van der Waals surface area contributed by atoms with Gasteiger partial charge in [-0.05, 0) is 55.8 Å². The molecule has 0 N–H and O–H groups in total. The lowest BCUT2D eigenvalue weighted by atomic mass is 9.77. The molecule has 2 saturated carbocycles. The normalized spacial score (nSPS) is 32.4. The summed E-state index contributed by atoms with van der Waals surface area (Å²) >= 11 is 0. The van der Waals surface area contributed by atoms with Gasteiger partial charge in [-0.2, -0.15) is 0 Å². The molecule has 134 valence electrons. The van der Waals surface area contributed by atoms with Gasteiger partial charge in [-0.25, -0.2) is 0 Å². The summed E-state index contributed by atoms with van der Waals surface area (Å²) in [5.74, 6) is 4.12. The van der Waals surface area contributed by atoms with Gasteiger partial charge in [-0.1, -0.05) is 90.2 Å². The number of allylic oxidation sites excluding steroid dienone is 2. The zero-order valence-corrected chi connectivity index (χ0v) is 16.1. The fraction of sp³-hybridized carbons (Fsp3) is 0.913. The van der Waals surface area contributed by atoms with Crippen molar-refractivity contribution < 1.29 is 0 Å². The molecular weight excluding hydrogens is 276 g/mol. The Balaban J connectivity index is 1.48.